The summed E-state index contributed by atoms with van der Waals surface area (Å²) >= 11 is 1.40. The van der Waals surface area contributed by atoms with E-state index in [9.17, 15) is 10.1 Å². The molecule has 0 unspecified atom stereocenters. The van der Waals surface area contributed by atoms with Gasteiger partial charge in [0.2, 0.25) is 0 Å². The molecule has 0 radical (unpaired) electrons. The number of rotatable bonds is 6. The summed E-state index contributed by atoms with van der Waals surface area (Å²) in [7, 11) is 0. The first-order valence-electron chi connectivity index (χ1n) is 6.43. The van der Waals surface area contributed by atoms with E-state index < -0.39 is 0 Å². The van der Waals surface area contributed by atoms with Crippen LogP contribution in [0.2, 0.25) is 0 Å². The third-order valence-electron chi connectivity index (χ3n) is 3.28. The second kappa shape index (κ2) is 7.50. The van der Waals surface area contributed by atoms with Gasteiger partial charge in [-0.3, -0.25) is 0 Å². The van der Waals surface area contributed by atoms with Gasteiger partial charge in [0.05, 0.1) is 0 Å². The number of nitro groups is 1. The van der Waals surface area contributed by atoms with E-state index in [1.807, 2.05) is 20.8 Å². The first-order valence-corrected chi connectivity index (χ1v) is 7.89. The topological polar surface area (TPSA) is 61.6 Å². The molecule has 0 heterocycles. The summed E-state index contributed by atoms with van der Waals surface area (Å²) in [5.41, 5.74) is 3.33. The molecule has 0 aliphatic rings. The number of allylic oxidation sites excluding steroid dienone is 1. The Morgan fingerprint density at radius 2 is 1.95 bits per heavy atom. The van der Waals surface area contributed by atoms with Crippen molar-refractivity contribution in [2.24, 2.45) is 0 Å². The summed E-state index contributed by atoms with van der Waals surface area (Å²) in [6.07, 6.45) is 1.67. The van der Waals surface area contributed by atoms with Crippen molar-refractivity contribution < 1.29 is 33.8 Å². The standard InChI is InChI=1S/C15H19NO4.W/c1-6-10(2)8-19-9-20-15-11(3)7-14(16(17)18)12(4)13(15)5;/h7-8H,9H2,1-5H3;. The number of hydrogen-bond acceptors (Lipinski definition) is 4. The number of hydrogen-bond donors (Lipinski definition) is 0. The quantitative estimate of drug-likeness (QED) is 0.214. The van der Waals surface area contributed by atoms with Crippen LogP contribution in [-0.4, -0.2) is 15.6 Å². The molecular formula is C15H19NO4W. The first kappa shape index (κ1) is 17.6. The maximum atomic E-state index is 11.0. The van der Waals surface area contributed by atoms with E-state index in [1.54, 1.807) is 20.1 Å². The van der Waals surface area contributed by atoms with E-state index in [0.29, 0.717) is 11.3 Å². The van der Waals surface area contributed by atoms with E-state index in [1.165, 1.54) is 29.3 Å². The van der Waals surface area contributed by atoms with E-state index in [4.69, 9.17) is 9.47 Å². The Balaban J connectivity index is 2.86. The Bertz CT molecular complexity index is 608. The molecule has 0 amide bonds. The number of nitro benzene ring substituents is 1. The fraction of sp³-hybridized carbons (Fsp3) is 0.400. The van der Waals surface area contributed by atoms with Crippen LogP contribution in [0, 0.1) is 30.9 Å². The molecule has 21 heavy (non-hydrogen) atoms. The molecule has 0 atom stereocenters. The normalized spacial score (nSPS) is 11.2. The Hall–Kier alpha value is -1.48. The van der Waals surface area contributed by atoms with Gasteiger partial charge in [0.15, 0.2) is 0 Å². The molecule has 5 nitrogen and oxygen atoms in total. The van der Waals surface area contributed by atoms with Crippen molar-refractivity contribution in [3.05, 3.63) is 44.7 Å². The van der Waals surface area contributed by atoms with Crippen LogP contribution in [0.4, 0.5) is 5.69 Å². The third-order valence-corrected chi connectivity index (χ3v) is 4.44. The van der Waals surface area contributed by atoms with Crippen LogP contribution >= 0.6 is 0 Å². The van der Waals surface area contributed by atoms with Gasteiger partial charge in [-0.2, -0.15) is 0 Å². The van der Waals surface area contributed by atoms with Crippen molar-refractivity contribution in [1.29, 1.82) is 0 Å². The maximum absolute atomic E-state index is 11.0. The van der Waals surface area contributed by atoms with Gasteiger partial charge in [-0.05, 0) is 0 Å². The minimum absolute atomic E-state index is 0.0822. The second-order valence-corrected chi connectivity index (χ2v) is 7.03. The summed E-state index contributed by atoms with van der Waals surface area (Å²) in [6.45, 7) is 9.44. The van der Waals surface area contributed by atoms with Gasteiger partial charge in [-0.15, -0.1) is 0 Å². The van der Waals surface area contributed by atoms with E-state index in [2.05, 4.69) is 0 Å². The van der Waals surface area contributed by atoms with Crippen LogP contribution in [0.1, 0.15) is 30.5 Å². The molecule has 0 aromatic heterocycles. The Morgan fingerprint density at radius 3 is 2.48 bits per heavy atom. The number of ether oxygens (including phenoxy) is 2. The molecule has 0 saturated carbocycles. The van der Waals surface area contributed by atoms with Crippen molar-refractivity contribution in [1.82, 2.24) is 0 Å². The molecule has 1 aromatic rings. The summed E-state index contributed by atoms with van der Waals surface area (Å²) in [5.74, 6) is 0.645. The Morgan fingerprint density at radius 1 is 1.33 bits per heavy atom. The van der Waals surface area contributed by atoms with Gasteiger partial charge < -0.3 is 0 Å². The van der Waals surface area contributed by atoms with Gasteiger partial charge in [0.1, 0.15) is 0 Å². The van der Waals surface area contributed by atoms with Crippen molar-refractivity contribution in [3.63, 3.8) is 0 Å². The van der Waals surface area contributed by atoms with Crippen LogP contribution in [0.5, 0.6) is 5.75 Å². The average molecular weight is 461 g/mol. The zero-order valence-corrected chi connectivity index (χ0v) is 15.8. The molecule has 114 valence electrons. The predicted molar refractivity (Wildman–Crippen MR) is 78.3 cm³/mol. The SMILES string of the molecule is C[C](=[W])C(C)=COCOc1c(C)cc([N+](=O)[O-])c(C)c1C. The molecule has 0 bridgehead atoms. The molecule has 1 aromatic carbocycles. The molecule has 6 heteroatoms. The fourth-order valence-electron chi connectivity index (χ4n) is 1.78. The summed E-state index contributed by atoms with van der Waals surface area (Å²) in [4.78, 5) is 10.6. The molecule has 0 spiro atoms. The van der Waals surface area contributed by atoms with Gasteiger partial charge >= 0.3 is 135 Å². The van der Waals surface area contributed by atoms with E-state index >= 15 is 0 Å². The Labute approximate surface area is 135 Å². The number of benzene rings is 1. The van der Waals surface area contributed by atoms with Crippen molar-refractivity contribution in [3.8, 4) is 5.75 Å². The van der Waals surface area contributed by atoms with Crippen LogP contribution in [-0.2, 0) is 24.1 Å². The monoisotopic (exact) mass is 461 g/mol. The van der Waals surface area contributed by atoms with Gasteiger partial charge in [0, 0.05) is 0 Å². The van der Waals surface area contributed by atoms with Crippen LogP contribution in [0.3, 0.4) is 0 Å². The number of aryl methyl sites for hydroxylation is 1. The molecule has 0 saturated heterocycles. The summed E-state index contributed by atoms with van der Waals surface area (Å²) < 4.78 is 12.2. The molecular weight excluding hydrogens is 442 g/mol. The van der Waals surface area contributed by atoms with Crippen LogP contribution in [0.25, 0.3) is 0 Å². The van der Waals surface area contributed by atoms with Crippen molar-refractivity contribution >= 4 is 9.59 Å². The van der Waals surface area contributed by atoms with Gasteiger partial charge in [0.25, 0.3) is 0 Å². The van der Waals surface area contributed by atoms with Crippen LogP contribution < -0.4 is 4.74 Å². The van der Waals surface area contributed by atoms with Crippen LogP contribution in [0.15, 0.2) is 17.9 Å². The third kappa shape index (κ3) is 4.50. The zero-order valence-electron chi connectivity index (χ0n) is 12.9. The summed E-state index contributed by atoms with van der Waals surface area (Å²) in [5, 5.41) is 11.0. The minimum atomic E-state index is -0.371. The molecule has 0 N–H and O–H groups in total. The van der Waals surface area contributed by atoms with E-state index in [-0.39, 0.29) is 17.4 Å². The van der Waals surface area contributed by atoms with Gasteiger partial charge in [-0.25, -0.2) is 0 Å². The molecule has 1 rings (SSSR count). The fourth-order valence-corrected chi connectivity index (χ4v) is 1.96. The molecule has 0 fully saturated rings. The number of nitrogens with zero attached hydrogens (tertiary/aromatic N) is 1. The molecule has 0 aliphatic carbocycles. The second-order valence-electron chi connectivity index (χ2n) is 4.83. The summed E-state index contributed by atoms with van der Waals surface area (Å²) in [6, 6.07) is 1.53. The first-order chi connectivity index (χ1) is 9.75. The average Bonchev–Trinajstić information content (AvgIpc) is 2.41. The zero-order chi connectivity index (χ0) is 16.2. The predicted octanol–water partition coefficient (Wildman–Crippen LogP) is 3.52. The van der Waals surface area contributed by atoms with Gasteiger partial charge in [-0.1, -0.05) is 0 Å². The van der Waals surface area contributed by atoms with E-state index in [0.717, 1.165) is 16.7 Å². The molecule has 0 aliphatic heterocycles. The van der Waals surface area contributed by atoms with Crippen molar-refractivity contribution in [2.75, 3.05) is 6.79 Å². The Kier molecular flexibility index (Phi) is 6.28. The van der Waals surface area contributed by atoms with Crippen molar-refractivity contribution in [2.45, 2.75) is 34.6 Å².